The summed E-state index contributed by atoms with van der Waals surface area (Å²) < 4.78 is 0. The molecule has 0 bridgehead atoms. The Morgan fingerprint density at radius 3 is 2.53 bits per heavy atom. The summed E-state index contributed by atoms with van der Waals surface area (Å²) in [5.74, 6) is 2.57. The van der Waals surface area contributed by atoms with Gasteiger partial charge in [-0.25, -0.2) is 0 Å². The van der Waals surface area contributed by atoms with E-state index in [0.717, 1.165) is 4.90 Å². The van der Waals surface area contributed by atoms with Crippen LogP contribution in [0.5, 0.6) is 0 Å². The molecule has 0 aliphatic rings. The van der Waals surface area contributed by atoms with E-state index in [1.807, 2.05) is 0 Å². The molecule has 15 heavy (non-hydrogen) atoms. The molecule has 0 aliphatic carbocycles. The molecule has 0 aliphatic heterocycles. The highest BCUT2D eigenvalue weighted by molar-refractivity contribution is 8.03. The second kappa shape index (κ2) is 5.39. The van der Waals surface area contributed by atoms with Gasteiger partial charge in [0, 0.05) is 17.0 Å². The van der Waals surface area contributed by atoms with E-state index in [0.29, 0.717) is 0 Å². The Morgan fingerprint density at radius 2 is 2.07 bits per heavy atom. The summed E-state index contributed by atoms with van der Waals surface area (Å²) in [7, 11) is 0. The average molecular weight is 223 g/mol. The van der Waals surface area contributed by atoms with Crippen molar-refractivity contribution in [1.82, 2.24) is 0 Å². The van der Waals surface area contributed by atoms with E-state index in [1.165, 1.54) is 23.9 Å². The lowest BCUT2D eigenvalue weighted by Gasteiger charge is -1.94. The van der Waals surface area contributed by atoms with Crippen molar-refractivity contribution in [3.05, 3.63) is 34.4 Å². The molecular formula is C10H9NO3S. The molecule has 78 valence electrons. The zero-order valence-electron chi connectivity index (χ0n) is 8.01. The Kier molecular flexibility index (Phi) is 4.16. The summed E-state index contributed by atoms with van der Waals surface area (Å²) in [5.41, 5.74) is 0.0582. The van der Waals surface area contributed by atoms with E-state index in [1.54, 1.807) is 19.1 Å². The molecule has 0 amide bonds. The highest BCUT2D eigenvalue weighted by Crippen LogP contribution is 2.20. The first-order valence-corrected chi connectivity index (χ1v) is 5.01. The van der Waals surface area contributed by atoms with Crippen LogP contribution in [0, 0.1) is 21.3 Å². The number of thioether (sulfide) groups is 1. The Balaban J connectivity index is 2.66. The quantitative estimate of drug-likeness (QED) is 0.360. The summed E-state index contributed by atoms with van der Waals surface area (Å²) in [5, 5.41) is 21.9. The fraction of sp³-hybridized carbons (Fsp3) is 0.200. The van der Waals surface area contributed by atoms with Crippen LogP contribution in [-0.2, 0) is 0 Å². The van der Waals surface area contributed by atoms with Crippen LogP contribution in [0.3, 0.4) is 0 Å². The van der Waals surface area contributed by atoms with Crippen molar-refractivity contribution >= 4 is 17.4 Å². The number of benzene rings is 1. The topological polar surface area (TPSA) is 63.4 Å². The minimum Gasteiger partial charge on any atom is -0.381 e. The predicted molar refractivity (Wildman–Crippen MR) is 58.4 cm³/mol. The van der Waals surface area contributed by atoms with Crippen molar-refractivity contribution in [2.75, 3.05) is 0 Å². The van der Waals surface area contributed by atoms with Gasteiger partial charge < -0.3 is 5.11 Å². The first kappa shape index (κ1) is 11.6. The fourth-order valence-corrected chi connectivity index (χ4v) is 1.43. The monoisotopic (exact) mass is 223 g/mol. The number of nitro groups is 1. The smallest absolute Gasteiger partial charge is 0.269 e. The molecule has 1 atom stereocenters. The van der Waals surface area contributed by atoms with Crippen LogP contribution in [0.2, 0.25) is 0 Å². The molecule has 0 aromatic heterocycles. The van der Waals surface area contributed by atoms with E-state index < -0.39 is 11.0 Å². The molecule has 0 spiro atoms. The molecule has 0 heterocycles. The van der Waals surface area contributed by atoms with Crippen molar-refractivity contribution in [1.29, 1.82) is 0 Å². The number of aliphatic hydroxyl groups is 1. The molecule has 0 saturated carbocycles. The predicted octanol–water partition coefficient (Wildman–Crippen LogP) is 2.03. The molecule has 1 aromatic rings. The third-order valence-electron chi connectivity index (χ3n) is 1.48. The number of nitrogens with zero attached hydrogens (tertiary/aromatic N) is 1. The van der Waals surface area contributed by atoms with Crippen molar-refractivity contribution < 1.29 is 10.0 Å². The third-order valence-corrected chi connectivity index (χ3v) is 2.21. The van der Waals surface area contributed by atoms with E-state index in [9.17, 15) is 10.1 Å². The van der Waals surface area contributed by atoms with Gasteiger partial charge >= 0.3 is 0 Å². The third kappa shape index (κ3) is 4.02. The summed E-state index contributed by atoms with van der Waals surface area (Å²) in [6, 6.07) is 6.10. The second-order valence-corrected chi connectivity index (χ2v) is 3.66. The van der Waals surface area contributed by atoms with Gasteiger partial charge in [0.15, 0.2) is 0 Å². The molecule has 1 unspecified atom stereocenters. The van der Waals surface area contributed by atoms with Gasteiger partial charge in [0.25, 0.3) is 5.69 Å². The van der Waals surface area contributed by atoms with Crippen LogP contribution < -0.4 is 0 Å². The molecule has 1 N–H and O–H groups in total. The van der Waals surface area contributed by atoms with Crippen molar-refractivity contribution in [3.63, 3.8) is 0 Å². The maximum absolute atomic E-state index is 10.4. The van der Waals surface area contributed by atoms with Crippen molar-refractivity contribution in [2.24, 2.45) is 0 Å². The van der Waals surface area contributed by atoms with Gasteiger partial charge in [0.05, 0.1) is 4.92 Å². The number of hydrogen-bond donors (Lipinski definition) is 1. The van der Waals surface area contributed by atoms with Gasteiger partial charge in [-0.1, -0.05) is 5.92 Å². The molecule has 0 saturated heterocycles. The first-order chi connectivity index (χ1) is 7.09. The number of aliphatic hydroxyl groups excluding tert-OH is 1. The van der Waals surface area contributed by atoms with Gasteiger partial charge in [-0.3, -0.25) is 10.1 Å². The standard InChI is InChI=1S/C10H9NO3S/c1-8(12)6-7-15-10-4-2-9(3-5-10)11(13)14/h2-5,8,12H,1H3. The SMILES string of the molecule is CC(O)C#CSc1ccc([N+](=O)[O-])cc1. The number of nitro benzene ring substituents is 1. The molecule has 0 fully saturated rings. The Labute approximate surface area is 91.5 Å². The van der Waals surface area contributed by atoms with Gasteiger partial charge in [-0.15, -0.1) is 0 Å². The fourth-order valence-electron chi connectivity index (χ4n) is 0.810. The zero-order valence-corrected chi connectivity index (χ0v) is 8.82. The van der Waals surface area contributed by atoms with Crippen LogP contribution in [0.1, 0.15) is 6.92 Å². The van der Waals surface area contributed by atoms with Gasteiger partial charge in [-0.2, -0.15) is 0 Å². The lowest BCUT2D eigenvalue weighted by molar-refractivity contribution is -0.384. The summed E-state index contributed by atoms with van der Waals surface area (Å²) in [6.45, 7) is 1.57. The highest BCUT2D eigenvalue weighted by atomic mass is 32.2. The van der Waals surface area contributed by atoms with Gasteiger partial charge in [0.2, 0.25) is 0 Å². The van der Waals surface area contributed by atoms with Crippen LogP contribution in [-0.4, -0.2) is 16.1 Å². The largest absolute Gasteiger partial charge is 0.381 e. The minimum absolute atomic E-state index is 0.0582. The Bertz CT molecular complexity index is 403. The maximum atomic E-state index is 10.4. The molecular weight excluding hydrogens is 214 g/mol. The average Bonchev–Trinajstić information content (AvgIpc) is 2.18. The molecule has 1 aromatic carbocycles. The number of rotatable bonds is 2. The Morgan fingerprint density at radius 1 is 1.47 bits per heavy atom. The lowest BCUT2D eigenvalue weighted by atomic mass is 10.3. The first-order valence-electron chi connectivity index (χ1n) is 4.19. The second-order valence-electron chi connectivity index (χ2n) is 2.78. The van der Waals surface area contributed by atoms with Gasteiger partial charge in [0.1, 0.15) is 6.10 Å². The number of non-ortho nitro benzene ring substituents is 1. The lowest BCUT2D eigenvalue weighted by Crippen LogP contribution is -1.91. The summed E-state index contributed by atoms with van der Waals surface area (Å²) >= 11 is 1.23. The van der Waals surface area contributed by atoms with Crippen molar-refractivity contribution in [3.8, 4) is 11.2 Å². The zero-order chi connectivity index (χ0) is 11.3. The summed E-state index contributed by atoms with van der Waals surface area (Å²) in [6.07, 6.45) is -0.657. The molecule has 4 nitrogen and oxygen atoms in total. The van der Waals surface area contributed by atoms with Crippen LogP contribution in [0.4, 0.5) is 5.69 Å². The van der Waals surface area contributed by atoms with E-state index in [4.69, 9.17) is 5.11 Å². The Hall–Kier alpha value is -1.51. The number of hydrogen-bond acceptors (Lipinski definition) is 4. The van der Waals surface area contributed by atoms with Crippen LogP contribution in [0.25, 0.3) is 0 Å². The molecule has 5 heteroatoms. The maximum Gasteiger partial charge on any atom is 0.269 e. The van der Waals surface area contributed by atoms with Gasteiger partial charge in [-0.05, 0) is 36.1 Å². The highest BCUT2D eigenvalue weighted by Gasteiger charge is 2.02. The van der Waals surface area contributed by atoms with Crippen LogP contribution in [0.15, 0.2) is 29.2 Å². The van der Waals surface area contributed by atoms with Crippen LogP contribution >= 0.6 is 11.8 Å². The molecule has 1 rings (SSSR count). The minimum atomic E-state index is -0.657. The normalized spacial score (nSPS) is 11.3. The van der Waals surface area contributed by atoms with Crippen molar-refractivity contribution in [2.45, 2.75) is 17.9 Å². The van der Waals surface area contributed by atoms with E-state index >= 15 is 0 Å². The summed E-state index contributed by atoms with van der Waals surface area (Å²) in [4.78, 5) is 10.7. The molecule has 0 radical (unpaired) electrons. The van der Waals surface area contributed by atoms with E-state index in [2.05, 4.69) is 11.2 Å². The van der Waals surface area contributed by atoms with E-state index in [-0.39, 0.29) is 5.69 Å².